The van der Waals surface area contributed by atoms with Gasteiger partial charge in [0.2, 0.25) is 6.29 Å². The molecule has 0 aliphatic rings. The zero-order valence-electron chi connectivity index (χ0n) is 10.3. The third kappa shape index (κ3) is 9.64. The largest absolute Gasteiger partial charge is 0.433 e. The number of esters is 1. The second-order valence-electron chi connectivity index (χ2n) is 4.10. The maximum absolute atomic E-state index is 10.8. The summed E-state index contributed by atoms with van der Waals surface area (Å²) in [5.74, 6) is -0.514. The van der Waals surface area contributed by atoms with E-state index in [0.29, 0.717) is 0 Å². The van der Waals surface area contributed by atoms with Gasteiger partial charge < -0.3 is 9.47 Å². The Morgan fingerprint density at radius 3 is 2.50 bits per heavy atom. The van der Waals surface area contributed by atoms with Crippen molar-refractivity contribution >= 4 is 5.97 Å². The lowest BCUT2D eigenvalue weighted by Gasteiger charge is -2.18. The van der Waals surface area contributed by atoms with Gasteiger partial charge in [-0.2, -0.15) is 0 Å². The summed E-state index contributed by atoms with van der Waals surface area (Å²) in [6, 6.07) is 0. The van der Waals surface area contributed by atoms with Crippen LogP contribution in [0.4, 0.5) is 0 Å². The molecule has 0 fully saturated rings. The molecule has 94 valence electrons. The van der Waals surface area contributed by atoms with Gasteiger partial charge in [0.25, 0.3) is 0 Å². The standard InChI is InChI=1S/C11H20O5/c1-6-10(12)15-9(2)13-7-8-14-16-11(3,4)5/h6,9H,1,7-8H2,2-5H3/t9-/m1/s1. The molecule has 0 unspecified atom stereocenters. The molecule has 0 radical (unpaired) electrons. The van der Waals surface area contributed by atoms with Gasteiger partial charge in [0.1, 0.15) is 6.61 Å². The topological polar surface area (TPSA) is 54.0 Å². The number of carbonyl (C=O) groups is 1. The summed E-state index contributed by atoms with van der Waals surface area (Å²) < 4.78 is 9.90. The summed E-state index contributed by atoms with van der Waals surface area (Å²) in [6.45, 7) is 11.1. The smallest absolute Gasteiger partial charge is 0.332 e. The Hall–Kier alpha value is -0.910. The molecule has 0 N–H and O–H groups in total. The van der Waals surface area contributed by atoms with Crippen LogP contribution in [0.5, 0.6) is 0 Å². The van der Waals surface area contributed by atoms with E-state index < -0.39 is 12.3 Å². The minimum Gasteiger partial charge on any atom is -0.433 e. The SMILES string of the molecule is C=CC(=O)O[C@H](C)OCCOOC(C)(C)C. The molecule has 5 nitrogen and oxygen atoms in total. The van der Waals surface area contributed by atoms with Gasteiger partial charge in [0.05, 0.1) is 12.2 Å². The minimum absolute atomic E-state index is 0.271. The zero-order chi connectivity index (χ0) is 12.6. The van der Waals surface area contributed by atoms with Crippen LogP contribution >= 0.6 is 0 Å². The number of ether oxygens (including phenoxy) is 2. The minimum atomic E-state index is -0.622. The molecule has 0 saturated heterocycles. The van der Waals surface area contributed by atoms with Crippen molar-refractivity contribution in [2.75, 3.05) is 13.2 Å². The van der Waals surface area contributed by atoms with Crippen molar-refractivity contribution in [1.82, 2.24) is 0 Å². The fraction of sp³-hybridized carbons (Fsp3) is 0.727. The van der Waals surface area contributed by atoms with Gasteiger partial charge in [-0.1, -0.05) is 6.58 Å². The van der Waals surface area contributed by atoms with Gasteiger partial charge in [-0.25, -0.2) is 14.6 Å². The summed E-state index contributed by atoms with van der Waals surface area (Å²) in [4.78, 5) is 20.7. The predicted octanol–water partition coefficient (Wildman–Crippen LogP) is 1.82. The first-order valence-corrected chi connectivity index (χ1v) is 5.10. The summed E-state index contributed by atoms with van der Waals surface area (Å²) in [7, 11) is 0. The Morgan fingerprint density at radius 2 is 2.00 bits per heavy atom. The first kappa shape index (κ1) is 15.1. The van der Waals surface area contributed by atoms with E-state index in [1.165, 1.54) is 0 Å². The molecule has 0 aromatic rings. The van der Waals surface area contributed by atoms with Gasteiger partial charge in [-0.3, -0.25) is 0 Å². The van der Waals surface area contributed by atoms with Crippen molar-refractivity contribution in [3.63, 3.8) is 0 Å². The molecule has 1 atom stereocenters. The van der Waals surface area contributed by atoms with Gasteiger partial charge >= 0.3 is 5.97 Å². The normalized spacial score (nSPS) is 13.2. The Labute approximate surface area is 96.2 Å². The highest BCUT2D eigenvalue weighted by Crippen LogP contribution is 2.06. The van der Waals surface area contributed by atoms with Gasteiger partial charge in [-0.15, -0.1) is 0 Å². The Kier molecular flexibility index (Phi) is 6.96. The van der Waals surface area contributed by atoms with E-state index in [1.807, 2.05) is 20.8 Å². The van der Waals surface area contributed by atoms with E-state index in [-0.39, 0.29) is 18.8 Å². The van der Waals surface area contributed by atoms with Crippen LogP contribution < -0.4 is 0 Å². The van der Waals surface area contributed by atoms with Crippen LogP contribution in [-0.2, 0) is 24.0 Å². The fourth-order valence-electron chi connectivity index (χ4n) is 0.712. The zero-order valence-corrected chi connectivity index (χ0v) is 10.3. The van der Waals surface area contributed by atoms with Crippen molar-refractivity contribution < 1.29 is 24.0 Å². The summed E-state index contributed by atoms with van der Waals surface area (Å²) in [6.07, 6.45) is 0.461. The molecule has 0 aliphatic heterocycles. The average Bonchev–Trinajstić information content (AvgIpc) is 2.15. The molecule has 0 heterocycles. The molecular formula is C11H20O5. The monoisotopic (exact) mass is 232 g/mol. The average molecular weight is 232 g/mol. The molecule has 0 aromatic heterocycles. The number of hydrogen-bond acceptors (Lipinski definition) is 5. The third-order valence-electron chi connectivity index (χ3n) is 1.28. The molecule has 0 rings (SSSR count). The molecule has 0 aromatic carbocycles. The highest BCUT2D eigenvalue weighted by Gasteiger charge is 2.11. The van der Waals surface area contributed by atoms with Crippen LogP contribution in [0, 0.1) is 0 Å². The Morgan fingerprint density at radius 1 is 1.38 bits per heavy atom. The van der Waals surface area contributed by atoms with Crippen molar-refractivity contribution in [1.29, 1.82) is 0 Å². The molecule has 5 heteroatoms. The van der Waals surface area contributed by atoms with E-state index in [1.54, 1.807) is 6.92 Å². The van der Waals surface area contributed by atoms with Crippen LogP contribution in [0.1, 0.15) is 27.7 Å². The van der Waals surface area contributed by atoms with Crippen LogP contribution in [0.2, 0.25) is 0 Å². The fourth-order valence-corrected chi connectivity index (χ4v) is 0.712. The molecule has 0 amide bonds. The van der Waals surface area contributed by atoms with E-state index in [0.717, 1.165) is 6.08 Å². The number of rotatable bonds is 7. The highest BCUT2D eigenvalue weighted by molar-refractivity contribution is 5.81. The van der Waals surface area contributed by atoms with Crippen LogP contribution in [0.15, 0.2) is 12.7 Å². The molecule has 0 saturated carbocycles. The molecule has 0 bridgehead atoms. The van der Waals surface area contributed by atoms with Crippen molar-refractivity contribution in [3.8, 4) is 0 Å². The second kappa shape index (κ2) is 7.38. The maximum Gasteiger partial charge on any atom is 0.332 e. The first-order chi connectivity index (χ1) is 7.35. The van der Waals surface area contributed by atoms with Gasteiger partial charge in [0.15, 0.2) is 0 Å². The highest BCUT2D eigenvalue weighted by atomic mass is 17.2. The lowest BCUT2D eigenvalue weighted by atomic mass is 10.2. The number of hydrogen-bond donors (Lipinski definition) is 0. The van der Waals surface area contributed by atoms with Crippen LogP contribution in [-0.4, -0.2) is 31.1 Å². The van der Waals surface area contributed by atoms with E-state index in [2.05, 4.69) is 6.58 Å². The Bertz CT molecular complexity index is 219. The maximum atomic E-state index is 10.8. The Balaban J connectivity index is 3.45. The first-order valence-electron chi connectivity index (χ1n) is 5.10. The lowest BCUT2D eigenvalue weighted by molar-refractivity contribution is -0.353. The van der Waals surface area contributed by atoms with Gasteiger partial charge in [0, 0.05) is 6.08 Å². The van der Waals surface area contributed by atoms with Gasteiger partial charge in [-0.05, 0) is 27.7 Å². The third-order valence-corrected chi connectivity index (χ3v) is 1.28. The predicted molar refractivity (Wildman–Crippen MR) is 58.5 cm³/mol. The molecular weight excluding hydrogens is 212 g/mol. The van der Waals surface area contributed by atoms with E-state index >= 15 is 0 Å². The quantitative estimate of drug-likeness (QED) is 0.167. The lowest BCUT2D eigenvalue weighted by Crippen LogP contribution is -2.22. The van der Waals surface area contributed by atoms with E-state index in [4.69, 9.17) is 19.2 Å². The van der Waals surface area contributed by atoms with E-state index in [9.17, 15) is 4.79 Å². The van der Waals surface area contributed by atoms with Crippen LogP contribution in [0.3, 0.4) is 0 Å². The molecule has 0 aliphatic carbocycles. The van der Waals surface area contributed by atoms with Crippen molar-refractivity contribution in [3.05, 3.63) is 12.7 Å². The summed E-state index contributed by atoms with van der Waals surface area (Å²) in [5, 5.41) is 0. The number of carbonyl (C=O) groups excluding carboxylic acids is 1. The molecule has 0 spiro atoms. The summed E-state index contributed by atoms with van der Waals surface area (Å²) >= 11 is 0. The molecule has 16 heavy (non-hydrogen) atoms. The second-order valence-corrected chi connectivity index (χ2v) is 4.10. The van der Waals surface area contributed by atoms with Crippen molar-refractivity contribution in [2.24, 2.45) is 0 Å². The van der Waals surface area contributed by atoms with Crippen LogP contribution in [0.25, 0.3) is 0 Å². The van der Waals surface area contributed by atoms with Crippen molar-refractivity contribution in [2.45, 2.75) is 39.6 Å². The summed E-state index contributed by atoms with van der Waals surface area (Å²) in [5.41, 5.74) is -0.346.